The number of fused-ring (bicyclic) bond motifs is 3. The van der Waals surface area contributed by atoms with Gasteiger partial charge in [0.1, 0.15) is 4.90 Å². The van der Waals surface area contributed by atoms with E-state index in [1.807, 2.05) is 57.2 Å². The molecule has 0 saturated carbocycles. The highest BCUT2D eigenvalue weighted by atomic mass is 35.5. The van der Waals surface area contributed by atoms with Gasteiger partial charge in [0.25, 0.3) is 10.1 Å². The molecule has 24 heavy (non-hydrogen) atoms. The average Bonchev–Trinajstić information content (AvgIpc) is 2.51. The van der Waals surface area contributed by atoms with Crippen molar-refractivity contribution in [2.45, 2.75) is 25.7 Å². The van der Waals surface area contributed by atoms with Crippen LogP contribution in [0.25, 0.3) is 21.5 Å². The van der Waals surface area contributed by atoms with Crippen molar-refractivity contribution in [3.05, 3.63) is 53.6 Å². The number of rotatable bonds is 3. The van der Waals surface area contributed by atoms with Gasteiger partial charge in [0, 0.05) is 5.39 Å². The van der Waals surface area contributed by atoms with Crippen LogP contribution in [0.2, 0.25) is 5.02 Å². The van der Waals surface area contributed by atoms with Gasteiger partial charge in [-0.15, -0.1) is 0 Å². The van der Waals surface area contributed by atoms with Crippen molar-refractivity contribution in [3.63, 3.8) is 0 Å². The largest absolute Gasteiger partial charge is 0.299 e. The predicted octanol–water partition coefficient (Wildman–Crippen LogP) is 5.40. The Bertz CT molecular complexity index is 1020. The van der Waals surface area contributed by atoms with Gasteiger partial charge >= 0.3 is 0 Å². The van der Waals surface area contributed by atoms with Gasteiger partial charge < -0.3 is 0 Å². The van der Waals surface area contributed by atoms with Crippen LogP contribution in [0, 0.1) is 5.41 Å². The van der Waals surface area contributed by atoms with E-state index < -0.39 is 10.1 Å². The highest BCUT2D eigenvalue weighted by Gasteiger charge is 2.25. The molecular formula is C19H19ClO3S. The van der Waals surface area contributed by atoms with Crippen LogP contribution >= 0.6 is 11.6 Å². The maximum atomic E-state index is 12.7. The fraction of sp³-hybridized carbons (Fsp3) is 0.263. The second-order valence-electron chi connectivity index (χ2n) is 7.04. The molecule has 0 atom stereocenters. The molecule has 0 aliphatic heterocycles. The van der Waals surface area contributed by atoms with Gasteiger partial charge in [-0.25, -0.2) is 0 Å². The summed E-state index contributed by atoms with van der Waals surface area (Å²) in [6.07, 6.45) is 0. The zero-order valence-corrected chi connectivity index (χ0v) is 15.4. The molecule has 0 unspecified atom stereocenters. The Morgan fingerprint density at radius 1 is 0.917 bits per heavy atom. The van der Waals surface area contributed by atoms with Crippen molar-refractivity contribution in [2.24, 2.45) is 5.41 Å². The maximum Gasteiger partial charge on any atom is 0.299 e. The third-order valence-corrected chi connectivity index (χ3v) is 5.52. The fourth-order valence-electron chi connectivity index (χ4n) is 2.60. The van der Waals surface area contributed by atoms with Crippen LogP contribution < -0.4 is 0 Å². The standard InChI is InChI=1S/C19H19ClO3S/c1-19(2,3)12-23-24(21,22)18-16-9-8-13-6-4-5-7-14(13)15(16)10-11-17(18)20/h4-11H,12H2,1-3H3. The molecule has 126 valence electrons. The van der Waals surface area contributed by atoms with E-state index in [9.17, 15) is 8.42 Å². The molecule has 0 aliphatic rings. The SMILES string of the molecule is CC(C)(C)COS(=O)(=O)c1c(Cl)ccc2c1ccc1ccccc12. The van der Waals surface area contributed by atoms with Crippen LogP contribution in [0.3, 0.4) is 0 Å². The minimum absolute atomic E-state index is 0.0386. The quantitative estimate of drug-likeness (QED) is 0.463. The Morgan fingerprint density at radius 2 is 1.58 bits per heavy atom. The van der Waals surface area contributed by atoms with Gasteiger partial charge in [0.2, 0.25) is 0 Å². The van der Waals surface area contributed by atoms with Crippen molar-refractivity contribution in [1.29, 1.82) is 0 Å². The van der Waals surface area contributed by atoms with Gasteiger partial charge in [-0.1, -0.05) is 74.8 Å². The second-order valence-corrected chi connectivity index (χ2v) is 8.99. The third-order valence-electron chi connectivity index (χ3n) is 3.73. The second kappa shape index (κ2) is 6.03. The summed E-state index contributed by atoms with van der Waals surface area (Å²) in [6.45, 7) is 5.85. The van der Waals surface area contributed by atoms with Crippen LogP contribution in [0.1, 0.15) is 20.8 Å². The summed E-state index contributed by atoms with van der Waals surface area (Å²) in [5, 5.41) is 3.63. The summed E-state index contributed by atoms with van der Waals surface area (Å²) in [5.41, 5.74) is -0.267. The lowest BCUT2D eigenvalue weighted by Crippen LogP contribution is -2.19. The Balaban J connectivity index is 2.24. The topological polar surface area (TPSA) is 43.4 Å². The van der Waals surface area contributed by atoms with Gasteiger partial charge in [-0.2, -0.15) is 8.42 Å². The predicted molar refractivity (Wildman–Crippen MR) is 99.1 cm³/mol. The Morgan fingerprint density at radius 3 is 2.29 bits per heavy atom. The number of hydrogen-bond donors (Lipinski definition) is 0. The van der Waals surface area contributed by atoms with E-state index in [4.69, 9.17) is 15.8 Å². The molecule has 5 heteroatoms. The molecule has 0 aliphatic carbocycles. The van der Waals surface area contributed by atoms with Gasteiger partial charge in [0.05, 0.1) is 11.6 Å². The Labute approximate surface area is 147 Å². The van der Waals surface area contributed by atoms with Crippen LogP contribution in [-0.4, -0.2) is 15.0 Å². The molecule has 0 heterocycles. The molecular weight excluding hydrogens is 344 g/mol. The van der Waals surface area contributed by atoms with Gasteiger partial charge in [0.15, 0.2) is 0 Å². The van der Waals surface area contributed by atoms with Crippen molar-refractivity contribution < 1.29 is 12.6 Å². The molecule has 3 aromatic rings. The molecule has 0 aromatic heterocycles. The van der Waals surface area contributed by atoms with Crippen molar-refractivity contribution in [1.82, 2.24) is 0 Å². The average molecular weight is 363 g/mol. The first-order chi connectivity index (χ1) is 11.2. The first-order valence-corrected chi connectivity index (χ1v) is 9.47. The normalized spacial score (nSPS) is 12.8. The number of hydrogen-bond acceptors (Lipinski definition) is 3. The van der Waals surface area contributed by atoms with Gasteiger partial charge in [-0.3, -0.25) is 4.18 Å². The molecule has 3 nitrogen and oxygen atoms in total. The smallest absolute Gasteiger partial charge is 0.266 e. The third kappa shape index (κ3) is 3.27. The van der Waals surface area contributed by atoms with Crippen LogP contribution in [-0.2, 0) is 14.3 Å². The number of halogens is 1. The first-order valence-electron chi connectivity index (χ1n) is 7.68. The van der Waals surface area contributed by atoms with E-state index >= 15 is 0 Å². The minimum atomic E-state index is -3.95. The fourth-order valence-corrected chi connectivity index (χ4v) is 4.43. The van der Waals surface area contributed by atoms with Crippen molar-refractivity contribution >= 4 is 43.3 Å². The zero-order chi connectivity index (χ0) is 17.5. The summed E-state index contributed by atoms with van der Waals surface area (Å²) in [5.74, 6) is 0. The van der Waals surface area contributed by atoms with Crippen LogP contribution in [0.4, 0.5) is 0 Å². The molecule has 3 rings (SSSR count). The minimum Gasteiger partial charge on any atom is -0.266 e. The molecule has 0 bridgehead atoms. The highest BCUT2D eigenvalue weighted by molar-refractivity contribution is 7.87. The monoisotopic (exact) mass is 362 g/mol. The van der Waals surface area contributed by atoms with Crippen molar-refractivity contribution in [2.75, 3.05) is 6.61 Å². The van der Waals surface area contributed by atoms with E-state index in [-0.39, 0.29) is 21.9 Å². The molecule has 0 amide bonds. The lowest BCUT2D eigenvalue weighted by Gasteiger charge is -2.19. The van der Waals surface area contributed by atoms with Crippen molar-refractivity contribution in [3.8, 4) is 0 Å². The molecule has 3 aromatic carbocycles. The molecule has 0 radical (unpaired) electrons. The zero-order valence-electron chi connectivity index (χ0n) is 13.8. The molecule has 0 spiro atoms. The molecule has 0 fully saturated rings. The lowest BCUT2D eigenvalue weighted by atomic mass is 9.99. The van der Waals surface area contributed by atoms with E-state index in [0.29, 0.717) is 5.39 Å². The van der Waals surface area contributed by atoms with E-state index in [2.05, 4.69) is 0 Å². The summed E-state index contributed by atoms with van der Waals surface area (Å²) in [4.78, 5) is 0.0386. The first kappa shape index (κ1) is 17.2. The summed E-state index contributed by atoms with van der Waals surface area (Å²) in [6, 6.07) is 15.0. The Kier molecular flexibility index (Phi) is 4.32. The van der Waals surface area contributed by atoms with Crippen LogP contribution in [0.15, 0.2) is 53.4 Å². The number of benzene rings is 3. The summed E-state index contributed by atoms with van der Waals surface area (Å²) >= 11 is 6.23. The summed E-state index contributed by atoms with van der Waals surface area (Å²) < 4.78 is 30.8. The van der Waals surface area contributed by atoms with E-state index in [1.165, 1.54) is 0 Å². The van der Waals surface area contributed by atoms with E-state index in [0.717, 1.165) is 16.2 Å². The lowest BCUT2D eigenvalue weighted by molar-refractivity contribution is 0.203. The van der Waals surface area contributed by atoms with Gasteiger partial charge in [-0.05, 0) is 27.6 Å². The molecule has 0 saturated heterocycles. The molecule has 0 N–H and O–H groups in total. The van der Waals surface area contributed by atoms with Crippen LogP contribution in [0.5, 0.6) is 0 Å². The summed E-state index contributed by atoms with van der Waals surface area (Å²) in [7, 11) is -3.95. The van der Waals surface area contributed by atoms with E-state index in [1.54, 1.807) is 12.1 Å². The Hall–Kier alpha value is -1.62. The maximum absolute atomic E-state index is 12.7. The highest BCUT2D eigenvalue weighted by Crippen LogP contribution is 2.35.